The fourth-order valence-electron chi connectivity index (χ4n) is 9.18. The second-order valence-corrected chi connectivity index (χ2v) is 13.6. The summed E-state index contributed by atoms with van der Waals surface area (Å²) in [6, 6.07) is 67.5. The van der Waals surface area contributed by atoms with Crippen LogP contribution in [0.5, 0.6) is 0 Å². The van der Waals surface area contributed by atoms with E-state index in [2.05, 4.69) is 206 Å². The van der Waals surface area contributed by atoms with Gasteiger partial charge in [0.1, 0.15) is 0 Å². The number of nitrogens with zero attached hydrogens (tertiary/aromatic N) is 1. The molecule has 0 heterocycles. The summed E-state index contributed by atoms with van der Waals surface area (Å²) in [6.45, 7) is 4.55. The molecule has 1 spiro atoms. The van der Waals surface area contributed by atoms with Gasteiger partial charge in [0.25, 0.3) is 0 Å². The zero-order chi connectivity index (χ0) is 35.0. The second kappa shape index (κ2) is 13.0. The van der Waals surface area contributed by atoms with Crippen molar-refractivity contribution in [1.29, 1.82) is 0 Å². The zero-order valence-electron chi connectivity index (χ0n) is 29.1. The minimum Gasteiger partial charge on any atom is -0.337 e. The SMILES string of the molecule is C=C/C=C\C=C/CN(c1ccccc1)c1cccc2c1-c1ccccc1C21c2ccccc2C(c2ccccc2)(c2ccccc2)c2ccccc21. The Morgan fingerprint density at radius 2 is 0.904 bits per heavy atom. The molecule has 9 rings (SSSR count). The number of hydrogen-bond donors (Lipinski definition) is 0. The summed E-state index contributed by atoms with van der Waals surface area (Å²) in [6.07, 6.45) is 10.1. The van der Waals surface area contributed by atoms with Gasteiger partial charge in [-0.25, -0.2) is 0 Å². The van der Waals surface area contributed by atoms with Gasteiger partial charge >= 0.3 is 0 Å². The summed E-state index contributed by atoms with van der Waals surface area (Å²) >= 11 is 0. The second-order valence-electron chi connectivity index (χ2n) is 13.6. The van der Waals surface area contributed by atoms with Crippen LogP contribution in [0.2, 0.25) is 0 Å². The highest BCUT2D eigenvalue weighted by atomic mass is 15.1. The number of hydrogen-bond acceptors (Lipinski definition) is 1. The molecular weight excluding hydrogens is 627 g/mol. The van der Waals surface area contributed by atoms with Crippen LogP contribution in [-0.4, -0.2) is 6.54 Å². The molecule has 0 radical (unpaired) electrons. The predicted molar refractivity (Wildman–Crippen MR) is 218 cm³/mol. The topological polar surface area (TPSA) is 3.24 Å². The molecule has 0 saturated heterocycles. The molecule has 248 valence electrons. The number of allylic oxidation sites excluding steroid dienone is 4. The maximum Gasteiger partial charge on any atom is 0.0720 e. The quantitative estimate of drug-likeness (QED) is 0.146. The predicted octanol–water partition coefficient (Wildman–Crippen LogP) is 12.2. The van der Waals surface area contributed by atoms with Crippen LogP contribution in [0, 0.1) is 0 Å². The molecule has 0 aliphatic heterocycles. The Kier molecular flexibility index (Phi) is 7.90. The van der Waals surface area contributed by atoms with Crippen molar-refractivity contribution in [1.82, 2.24) is 0 Å². The third kappa shape index (κ3) is 4.56. The van der Waals surface area contributed by atoms with Crippen molar-refractivity contribution in [3.8, 4) is 11.1 Å². The van der Waals surface area contributed by atoms with Crippen molar-refractivity contribution in [3.63, 3.8) is 0 Å². The third-order valence-electron chi connectivity index (χ3n) is 11.1. The van der Waals surface area contributed by atoms with E-state index in [0.29, 0.717) is 0 Å². The number of rotatable bonds is 8. The number of para-hydroxylation sites is 1. The first-order valence-electron chi connectivity index (χ1n) is 18.1. The minimum atomic E-state index is -0.535. The average molecular weight is 666 g/mol. The molecule has 2 aliphatic rings. The van der Waals surface area contributed by atoms with Crippen LogP contribution in [0.4, 0.5) is 11.4 Å². The molecule has 7 aromatic carbocycles. The highest BCUT2D eigenvalue weighted by Gasteiger charge is 2.57. The number of anilines is 2. The Morgan fingerprint density at radius 3 is 1.48 bits per heavy atom. The summed E-state index contributed by atoms with van der Waals surface area (Å²) < 4.78 is 0. The van der Waals surface area contributed by atoms with Crippen molar-refractivity contribution in [2.24, 2.45) is 0 Å². The fraction of sp³-hybridized carbons (Fsp3) is 0.0588. The molecule has 1 nitrogen and oxygen atoms in total. The standard InChI is InChI=1S/C51H39N/c1-2-3-4-5-21-37-52(40-27-13-8-14-28-40)48-36-22-35-47-49(48)41-29-15-16-30-42(41)51(47)45-33-19-17-31-43(45)50(38-23-9-6-10-24-38,39-25-11-7-12-26-39)44-32-18-20-34-46(44)51/h2-36H,1,37H2/b4-3-,21-5-. The Balaban J connectivity index is 1.39. The smallest absolute Gasteiger partial charge is 0.0720 e. The number of benzene rings is 7. The summed E-state index contributed by atoms with van der Waals surface area (Å²) in [5, 5.41) is 0. The van der Waals surface area contributed by atoms with Crippen molar-refractivity contribution in [2.75, 3.05) is 11.4 Å². The van der Waals surface area contributed by atoms with Crippen LogP contribution in [0.25, 0.3) is 11.1 Å². The Labute approximate surface area is 307 Å². The van der Waals surface area contributed by atoms with Crippen LogP contribution in [0.15, 0.2) is 219 Å². The summed E-state index contributed by atoms with van der Waals surface area (Å²) in [4.78, 5) is 2.45. The highest BCUT2D eigenvalue weighted by Crippen LogP contribution is 2.65. The average Bonchev–Trinajstić information content (AvgIpc) is 3.52. The van der Waals surface area contributed by atoms with Gasteiger partial charge in [0.15, 0.2) is 0 Å². The van der Waals surface area contributed by atoms with Gasteiger partial charge in [-0.05, 0) is 68.3 Å². The summed E-state index contributed by atoms with van der Waals surface area (Å²) in [7, 11) is 0. The van der Waals surface area contributed by atoms with E-state index in [1.54, 1.807) is 0 Å². The molecule has 0 amide bonds. The van der Waals surface area contributed by atoms with E-state index >= 15 is 0 Å². The van der Waals surface area contributed by atoms with Gasteiger partial charge in [-0.1, -0.05) is 201 Å². The van der Waals surface area contributed by atoms with E-state index in [1.165, 1.54) is 61.3 Å². The van der Waals surface area contributed by atoms with Crippen LogP contribution >= 0.6 is 0 Å². The van der Waals surface area contributed by atoms with Crippen molar-refractivity contribution < 1.29 is 0 Å². The lowest BCUT2D eigenvalue weighted by Crippen LogP contribution is -2.44. The Hall–Kier alpha value is -6.44. The third-order valence-corrected chi connectivity index (χ3v) is 11.1. The largest absolute Gasteiger partial charge is 0.337 e. The van der Waals surface area contributed by atoms with Crippen LogP contribution < -0.4 is 4.90 Å². The lowest BCUT2D eigenvalue weighted by molar-refractivity contribution is 0.623. The molecule has 0 N–H and O–H groups in total. The lowest BCUT2D eigenvalue weighted by atomic mass is 9.51. The number of fused-ring (bicyclic) bond motifs is 9. The van der Waals surface area contributed by atoms with E-state index in [1.807, 2.05) is 18.2 Å². The van der Waals surface area contributed by atoms with Crippen molar-refractivity contribution in [3.05, 3.63) is 263 Å². The minimum absolute atomic E-state index is 0.518. The highest BCUT2D eigenvalue weighted by molar-refractivity contribution is 5.96. The summed E-state index contributed by atoms with van der Waals surface area (Å²) in [5.41, 5.74) is 14.3. The van der Waals surface area contributed by atoms with E-state index in [4.69, 9.17) is 0 Å². The molecule has 2 aliphatic carbocycles. The molecular formula is C51H39N. The molecule has 0 atom stereocenters. The first-order chi connectivity index (χ1) is 25.8. The first kappa shape index (κ1) is 31.5. The van der Waals surface area contributed by atoms with E-state index in [-0.39, 0.29) is 0 Å². The van der Waals surface area contributed by atoms with Gasteiger partial charge in [-0.15, -0.1) is 0 Å². The first-order valence-corrected chi connectivity index (χ1v) is 18.1. The van der Waals surface area contributed by atoms with Crippen LogP contribution in [0.3, 0.4) is 0 Å². The van der Waals surface area contributed by atoms with Gasteiger partial charge < -0.3 is 4.90 Å². The molecule has 0 unspecified atom stereocenters. The molecule has 1 heteroatoms. The van der Waals surface area contributed by atoms with E-state index in [0.717, 1.165) is 12.2 Å². The maximum atomic E-state index is 3.83. The normalized spacial score (nSPS) is 14.5. The molecule has 0 fully saturated rings. The van der Waals surface area contributed by atoms with Crippen molar-refractivity contribution >= 4 is 11.4 Å². The van der Waals surface area contributed by atoms with Gasteiger partial charge in [0.2, 0.25) is 0 Å². The van der Waals surface area contributed by atoms with Gasteiger partial charge in [-0.2, -0.15) is 0 Å². The van der Waals surface area contributed by atoms with Crippen LogP contribution in [-0.2, 0) is 10.8 Å². The summed E-state index contributed by atoms with van der Waals surface area (Å²) in [5.74, 6) is 0. The van der Waals surface area contributed by atoms with Crippen molar-refractivity contribution in [2.45, 2.75) is 10.8 Å². The van der Waals surface area contributed by atoms with Crippen LogP contribution in [0.1, 0.15) is 44.5 Å². The Morgan fingerprint density at radius 1 is 0.423 bits per heavy atom. The van der Waals surface area contributed by atoms with Gasteiger partial charge in [0.05, 0.1) is 10.8 Å². The maximum absolute atomic E-state index is 3.83. The lowest BCUT2D eigenvalue weighted by Gasteiger charge is -2.50. The monoisotopic (exact) mass is 665 g/mol. The Bertz CT molecular complexity index is 2360. The molecule has 7 aromatic rings. The zero-order valence-corrected chi connectivity index (χ0v) is 29.1. The van der Waals surface area contributed by atoms with Gasteiger partial charge in [-0.3, -0.25) is 0 Å². The molecule has 0 bridgehead atoms. The van der Waals surface area contributed by atoms with E-state index < -0.39 is 10.8 Å². The van der Waals surface area contributed by atoms with E-state index in [9.17, 15) is 0 Å². The molecule has 0 aromatic heterocycles. The van der Waals surface area contributed by atoms with Gasteiger partial charge in [0, 0.05) is 23.5 Å². The molecule has 52 heavy (non-hydrogen) atoms. The molecule has 0 saturated carbocycles. The fourth-order valence-corrected chi connectivity index (χ4v) is 9.18.